The lowest BCUT2D eigenvalue weighted by atomic mass is 10.1. The predicted molar refractivity (Wildman–Crippen MR) is 79.1 cm³/mol. The van der Waals surface area contributed by atoms with Gasteiger partial charge in [0.1, 0.15) is 18.5 Å². The van der Waals surface area contributed by atoms with Gasteiger partial charge in [-0.2, -0.15) is 0 Å². The predicted octanol–water partition coefficient (Wildman–Crippen LogP) is 2.34. The molecule has 21 heavy (non-hydrogen) atoms. The summed E-state index contributed by atoms with van der Waals surface area (Å²) in [6.45, 7) is 5.06. The van der Waals surface area contributed by atoms with E-state index in [1.165, 1.54) is 0 Å². The molecule has 1 aliphatic rings. The van der Waals surface area contributed by atoms with Crippen LogP contribution in [0.2, 0.25) is 0 Å². The van der Waals surface area contributed by atoms with Crippen LogP contribution in [0.5, 0.6) is 5.75 Å². The average Bonchev–Trinajstić information content (AvgIpc) is 2.54. The Morgan fingerprint density at radius 1 is 1.33 bits per heavy atom. The zero-order chi connectivity index (χ0) is 15.1. The molecule has 1 aliphatic heterocycles. The van der Waals surface area contributed by atoms with Crippen molar-refractivity contribution in [3.63, 3.8) is 0 Å². The van der Waals surface area contributed by atoms with Gasteiger partial charge in [0.15, 0.2) is 0 Å². The Morgan fingerprint density at radius 3 is 2.57 bits per heavy atom. The van der Waals surface area contributed by atoms with Crippen molar-refractivity contribution in [1.29, 1.82) is 0 Å². The summed E-state index contributed by atoms with van der Waals surface area (Å²) in [6, 6.07) is 7.40. The van der Waals surface area contributed by atoms with Crippen molar-refractivity contribution in [2.45, 2.75) is 25.6 Å². The molecule has 0 unspecified atom stereocenters. The number of rotatable bonds is 5. The van der Waals surface area contributed by atoms with Crippen LogP contribution in [0.1, 0.15) is 18.4 Å². The molecule has 1 saturated heterocycles. The van der Waals surface area contributed by atoms with E-state index in [2.05, 4.69) is 6.58 Å². The second-order valence-corrected chi connectivity index (χ2v) is 4.97. The first-order valence-electron chi connectivity index (χ1n) is 7.12. The molecule has 0 aromatic heterocycles. The zero-order valence-electron chi connectivity index (χ0n) is 12.0. The Morgan fingerprint density at radius 2 is 2.00 bits per heavy atom. The molecule has 1 fully saturated rings. The van der Waals surface area contributed by atoms with Crippen LogP contribution in [0, 0.1) is 0 Å². The average molecular weight is 291 g/mol. The minimum atomic E-state index is -0.291. The van der Waals surface area contributed by atoms with E-state index in [1.54, 1.807) is 11.0 Å². The lowest BCUT2D eigenvalue weighted by Crippen LogP contribution is -2.42. The maximum absolute atomic E-state index is 11.7. The SMILES string of the molecule is C=CCOC(=O)N1CCC(Oc2ccc(CO)cc2)CC1. The molecule has 0 spiro atoms. The van der Waals surface area contributed by atoms with Gasteiger partial charge in [0, 0.05) is 25.9 Å². The third kappa shape index (κ3) is 4.49. The topological polar surface area (TPSA) is 59.0 Å². The molecule has 0 radical (unpaired) electrons. The van der Waals surface area contributed by atoms with Crippen molar-refractivity contribution in [2.75, 3.05) is 19.7 Å². The van der Waals surface area contributed by atoms with Crippen LogP contribution in [0.25, 0.3) is 0 Å². The van der Waals surface area contributed by atoms with Crippen molar-refractivity contribution < 1.29 is 19.4 Å². The molecule has 0 atom stereocenters. The summed E-state index contributed by atoms with van der Waals surface area (Å²) in [6.07, 6.45) is 2.94. The quantitative estimate of drug-likeness (QED) is 0.846. The summed E-state index contributed by atoms with van der Waals surface area (Å²) in [4.78, 5) is 13.4. The number of hydrogen-bond acceptors (Lipinski definition) is 4. The largest absolute Gasteiger partial charge is 0.490 e. The molecule has 1 heterocycles. The third-order valence-corrected chi connectivity index (χ3v) is 3.43. The van der Waals surface area contributed by atoms with Gasteiger partial charge in [-0.3, -0.25) is 0 Å². The fourth-order valence-electron chi connectivity index (χ4n) is 2.24. The maximum atomic E-state index is 11.7. The highest BCUT2D eigenvalue weighted by Crippen LogP contribution is 2.20. The van der Waals surface area contributed by atoms with E-state index in [4.69, 9.17) is 14.6 Å². The van der Waals surface area contributed by atoms with Gasteiger partial charge in [-0.05, 0) is 17.7 Å². The number of benzene rings is 1. The molecule has 1 aromatic rings. The monoisotopic (exact) mass is 291 g/mol. The fourth-order valence-corrected chi connectivity index (χ4v) is 2.24. The van der Waals surface area contributed by atoms with E-state index < -0.39 is 0 Å². The van der Waals surface area contributed by atoms with Gasteiger partial charge in [-0.1, -0.05) is 24.8 Å². The second kappa shape index (κ2) is 7.69. The van der Waals surface area contributed by atoms with E-state index in [1.807, 2.05) is 24.3 Å². The van der Waals surface area contributed by atoms with Crippen molar-refractivity contribution >= 4 is 6.09 Å². The lowest BCUT2D eigenvalue weighted by molar-refractivity contribution is 0.0731. The van der Waals surface area contributed by atoms with Gasteiger partial charge in [0.25, 0.3) is 0 Å². The molecule has 1 N–H and O–H groups in total. The van der Waals surface area contributed by atoms with Gasteiger partial charge in [-0.25, -0.2) is 4.79 Å². The maximum Gasteiger partial charge on any atom is 0.410 e. The Bertz CT molecular complexity index is 464. The second-order valence-electron chi connectivity index (χ2n) is 4.97. The lowest BCUT2D eigenvalue weighted by Gasteiger charge is -2.31. The van der Waals surface area contributed by atoms with Gasteiger partial charge >= 0.3 is 6.09 Å². The van der Waals surface area contributed by atoms with Crippen LogP contribution >= 0.6 is 0 Å². The molecular formula is C16H21NO4. The Balaban J connectivity index is 1.78. The van der Waals surface area contributed by atoms with Gasteiger partial charge in [-0.15, -0.1) is 0 Å². The van der Waals surface area contributed by atoms with Crippen LogP contribution in [-0.4, -0.2) is 41.9 Å². The van der Waals surface area contributed by atoms with Crippen LogP contribution in [0.15, 0.2) is 36.9 Å². The molecule has 0 bridgehead atoms. The highest BCUT2D eigenvalue weighted by Gasteiger charge is 2.24. The van der Waals surface area contributed by atoms with Crippen molar-refractivity contribution in [2.24, 2.45) is 0 Å². The zero-order valence-corrected chi connectivity index (χ0v) is 12.0. The number of nitrogens with zero attached hydrogens (tertiary/aromatic N) is 1. The minimum absolute atomic E-state index is 0.0332. The van der Waals surface area contributed by atoms with E-state index in [9.17, 15) is 4.79 Å². The number of piperidine rings is 1. The van der Waals surface area contributed by atoms with E-state index in [0.29, 0.717) is 13.1 Å². The number of amides is 1. The molecule has 114 valence electrons. The van der Waals surface area contributed by atoms with Crippen LogP contribution in [0.3, 0.4) is 0 Å². The third-order valence-electron chi connectivity index (χ3n) is 3.43. The molecule has 5 nitrogen and oxygen atoms in total. The summed E-state index contributed by atoms with van der Waals surface area (Å²) in [7, 11) is 0. The molecule has 2 rings (SSSR count). The highest BCUT2D eigenvalue weighted by molar-refractivity contribution is 5.67. The Kier molecular flexibility index (Phi) is 5.63. The standard InChI is InChI=1S/C16H21NO4/c1-2-11-20-16(19)17-9-7-15(8-10-17)21-14-5-3-13(12-18)4-6-14/h2-6,15,18H,1,7-12H2. The highest BCUT2D eigenvalue weighted by atomic mass is 16.6. The normalized spacial score (nSPS) is 15.6. The summed E-state index contributed by atoms with van der Waals surface area (Å²) in [5, 5.41) is 9.00. The molecule has 0 aliphatic carbocycles. The number of aliphatic hydroxyl groups is 1. The van der Waals surface area contributed by atoms with Gasteiger partial charge < -0.3 is 19.5 Å². The first-order chi connectivity index (χ1) is 10.2. The molecule has 1 aromatic carbocycles. The van der Waals surface area contributed by atoms with E-state index in [-0.39, 0.29) is 25.4 Å². The van der Waals surface area contributed by atoms with Crippen molar-refractivity contribution in [3.8, 4) is 5.75 Å². The van der Waals surface area contributed by atoms with Gasteiger partial charge in [0.2, 0.25) is 0 Å². The van der Waals surface area contributed by atoms with Crippen LogP contribution in [-0.2, 0) is 11.3 Å². The summed E-state index contributed by atoms with van der Waals surface area (Å²) >= 11 is 0. The Hall–Kier alpha value is -2.01. The summed E-state index contributed by atoms with van der Waals surface area (Å²) < 4.78 is 10.9. The number of carbonyl (C=O) groups is 1. The minimum Gasteiger partial charge on any atom is -0.490 e. The number of aliphatic hydroxyl groups excluding tert-OH is 1. The van der Waals surface area contributed by atoms with Gasteiger partial charge in [0.05, 0.1) is 6.61 Å². The summed E-state index contributed by atoms with van der Waals surface area (Å²) in [5.41, 5.74) is 0.863. The number of ether oxygens (including phenoxy) is 2. The first kappa shape index (κ1) is 15.4. The number of hydrogen-bond donors (Lipinski definition) is 1. The number of likely N-dealkylation sites (tertiary alicyclic amines) is 1. The molecule has 5 heteroatoms. The molecular weight excluding hydrogens is 270 g/mol. The Labute approximate surface area is 124 Å². The van der Waals surface area contributed by atoms with Crippen LogP contribution < -0.4 is 4.74 Å². The number of carbonyl (C=O) groups excluding carboxylic acids is 1. The van der Waals surface area contributed by atoms with Crippen molar-refractivity contribution in [1.82, 2.24) is 4.90 Å². The van der Waals surface area contributed by atoms with Crippen molar-refractivity contribution in [3.05, 3.63) is 42.5 Å². The van der Waals surface area contributed by atoms with E-state index >= 15 is 0 Å². The summed E-state index contributed by atoms with van der Waals surface area (Å²) in [5.74, 6) is 0.792. The smallest absolute Gasteiger partial charge is 0.410 e. The molecule has 1 amide bonds. The van der Waals surface area contributed by atoms with Crippen LogP contribution in [0.4, 0.5) is 4.79 Å². The fraction of sp³-hybridized carbons (Fsp3) is 0.438. The van der Waals surface area contributed by atoms with E-state index in [0.717, 1.165) is 24.2 Å². The molecule has 0 saturated carbocycles. The first-order valence-corrected chi connectivity index (χ1v) is 7.12.